The molecule has 0 rings (SSSR count). The molecule has 0 saturated heterocycles. The first-order valence-corrected chi connectivity index (χ1v) is 45.0. The number of unbranched alkanes of at least 4 members (excludes halogenated alkanes) is 49. The molecule has 19 heteroatoms. The second-order valence-corrected chi connectivity index (χ2v) is 32.8. The van der Waals surface area contributed by atoms with E-state index in [2.05, 4.69) is 41.5 Å². The molecular weight excluding hydrogens is 1310 g/mol. The van der Waals surface area contributed by atoms with Crippen molar-refractivity contribution in [2.45, 2.75) is 445 Å². The number of aliphatic hydroxyl groups excluding tert-OH is 1. The molecular formula is C81H158O17P2. The molecule has 100 heavy (non-hydrogen) atoms. The van der Waals surface area contributed by atoms with Gasteiger partial charge in [0.15, 0.2) is 12.2 Å². The summed E-state index contributed by atoms with van der Waals surface area (Å²) < 4.78 is 68.7. The molecule has 0 aromatic rings. The van der Waals surface area contributed by atoms with Crippen LogP contribution in [-0.4, -0.2) is 96.7 Å². The average molecular weight is 1470 g/mol. The van der Waals surface area contributed by atoms with Gasteiger partial charge in [-0.3, -0.25) is 37.3 Å². The summed E-state index contributed by atoms with van der Waals surface area (Å²) in [5.74, 6) is -0.530. The van der Waals surface area contributed by atoms with Crippen molar-refractivity contribution in [3.05, 3.63) is 0 Å². The lowest BCUT2D eigenvalue weighted by Gasteiger charge is -2.21. The molecule has 0 fully saturated rings. The topological polar surface area (TPSA) is 237 Å². The van der Waals surface area contributed by atoms with Gasteiger partial charge in [0.25, 0.3) is 0 Å². The van der Waals surface area contributed by atoms with Gasteiger partial charge in [-0.05, 0) is 37.5 Å². The number of hydrogen-bond acceptors (Lipinski definition) is 15. The highest BCUT2D eigenvalue weighted by Crippen LogP contribution is 2.45. The molecule has 0 aliphatic heterocycles. The zero-order valence-corrected chi connectivity index (χ0v) is 67.3. The molecule has 0 aliphatic rings. The van der Waals surface area contributed by atoms with Crippen molar-refractivity contribution in [2.24, 2.45) is 11.8 Å². The van der Waals surface area contributed by atoms with Crippen molar-refractivity contribution < 1.29 is 80.2 Å². The standard InChI is InChI=1S/C81H158O17P2/c1-7-10-12-14-16-18-20-21-22-23-24-28-31-35-39-46-52-58-64-79(84)92-69-76(97-80(85)65-59-53-47-40-36-32-29-26-25-27-30-34-37-43-49-55-61-73(4)5)71-95-99(87,88)93-67-75(82)68-94-100(89,90)96-72-77(70-91-78(83)63-57-51-45-38-33-19-17-15-13-11-8-2)98-81(86)66-60-54-48-42-41-44-50-56-62-74(6)9-3/h73-77,82H,7-72H2,1-6H3,(H,87,88)(H,89,90)/t74?,75-,76-,77-/m1/s1. The first-order chi connectivity index (χ1) is 48.4. The predicted octanol–water partition coefficient (Wildman–Crippen LogP) is 24.3. The highest BCUT2D eigenvalue weighted by molar-refractivity contribution is 7.47. The fourth-order valence-corrected chi connectivity index (χ4v) is 14.1. The summed E-state index contributed by atoms with van der Waals surface area (Å²) in [6.07, 6.45) is 62.4. The number of hydrogen-bond donors (Lipinski definition) is 3. The SMILES string of the molecule is CCCCCCCCCCCCCCCCCCCCC(=O)OC[C@H](COP(=O)(O)OC[C@@H](O)COP(=O)(O)OC[C@@H](COC(=O)CCCCCCCCCCCCC)OC(=O)CCCCCCCCCCC(C)CC)OC(=O)CCCCCCCCCCCCCCCCCCC(C)C. The fraction of sp³-hybridized carbons (Fsp3) is 0.951. The maximum Gasteiger partial charge on any atom is 0.472 e. The van der Waals surface area contributed by atoms with Crippen LogP contribution in [0.4, 0.5) is 0 Å². The number of phosphoric acid groups is 2. The normalized spacial score (nSPS) is 14.2. The third-order valence-corrected chi connectivity index (χ3v) is 21.2. The van der Waals surface area contributed by atoms with Crippen molar-refractivity contribution in [1.29, 1.82) is 0 Å². The summed E-state index contributed by atoms with van der Waals surface area (Å²) in [6, 6.07) is 0. The Morgan fingerprint density at radius 1 is 0.290 bits per heavy atom. The molecule has 3 unspecified atom stereocenters. The van der Waals surface area contributed by atoms with Crippen LogP contribution in [-0.2, 0) is 65.4 Å². The number of rotatable bonds is 80. The Hall–Kier alpha value is -1.94. The number of carbonyl (C=O) groups is 4. The predicted molar refractivity (Wildman–Crippen MR) is 409 cm³/mol. The Labute approximate surface area is 613 Å². The number of carbonyl (C=O) groups excluding carboxylic acids is 4. The monoisotopic (exact) mass is 1470 g/mol. The molecule has 0 heterocycles. The summed E-state index contributed by atoms with van der Waals surface area (Å²) in [7, 11) is -9.92. The third-order valence-electron chi connectivity index (χ3n) is 19.3. The number of esters is 4. The Morgan fingerprint density at radius 2 is 0.510 bits per heavy atom. The van der Waals surface area contributed by atoms with Crippen LogP contribution >= 0.6 is 15.6 Å². The average Bonchev–Trinajstić information content (AvgIpc) is 0.932. The molecule has 0 amide bonds. The molecule has 6 atom stereocenters. The molecule has 594 valence electrons. The van der Waals surface area contributed by atoms with Gasteiger partial charge in [0, 0.05) is 25.7 Å². The number of phosphoric ester groups is 2. The Balaban J connectivity index is 5.24. The second kappa shape index (κ2) is 72.6. The maximum absolute atomic E-state index is 13.1. The molecule has 0 aliphatic carbocycles. The van der Waals surface area contributed by atoms with Crippen molar-refractivity contribution >= 4 is 39.5 Å². The first-order valence-electron chi connectivity index (χ1n) is 42.0. The highest BCUT2D eigenvalue weighted by atomic mass is 31.2. The Morgan fingerprint density at radius 3 is 0.760 bits per heavy atom. The lowest BCUT2D eigenvalue weighted by molar-refractivity contribution is -0.161. The van der Waals surface area contributed by atoms with Crippen LogP contribution in [0.15, 0.2) is 0 Å². The minimum absolute atomic E-state index is 0.106. The van der Waals surface area contributed by atoms with E-state index in [4.69, 9.17) is 37.0 Å². The van der Waals surface area contributed by atoms with Gasteiger partial charge in [-0.1, -0.05) is 375 Å². The number of aliphatic hydroxyl groups is 1. The van der Waals surface area contributed by atoms with Crippen LogP contribution in [0.1, 0.15) is 427 Å². The van der Waals surface area contributed by atoms with Crippen molar-refractivity contribution in [2.75, 3.05) is 39.6 Å². The minimum atomic E-state index is -4.96. The van der Waals surface area contributed by atoms with Crippen LogP contribution in [0.5, 0.6) is 0 Å². The number of ether oxygens (including phenoxy) is 4. The first kappa shape index (κ1) is 98.1. The second-order valence-electron chi connectivity index (χ2n) is 29.9. The van der Waals surface area contributed by atoms with E-state index in [0.29, 0.717) is 25.7 Å². The van der Waals surface area contributed by atoms with E-state index in [9.17, 15) is 43.2 Å². The largest absolute Gasteiger partial charge is 0.472 e. The summed E-state index contributed by atoms with van der Waals surface area (Å²) >= 11 is 0. The van der Waals surface area contributed by atoms with Crippen molar-refractivity contribution in [3.63, 3.8) is 0 Å². The lowest BCUT2D eigenvalue weighted by atomic mass is 9.99. The maximum atomic E-state index is 13.1. The van der Waals surface area contributed by atoms with Gasteiger partial charge in [-0.15, -0.1) is 0 Å². The van der Waals surface area contributed by atoms with Gasteiger partial charge < -0.3 is 33.8 Å². The summed E-state index contributed by atoms with van der Waals surface area (Å²) in [6.45, 7) is 9.66. The van der Waals surface area contributed by atoms with Crippen molar-refractivity contribution in [1.82, 2.24) is 0 Å². The zero-order chi connectivity index (χ0) is 73.5. The van der Waals surface area contributed by atoms with Crippen LogP contribution in [0.2, 0.25) is 0 Å². The summed E-state index contributed by atoms with van der Waals surface area (Å²) in [5, 5.41) is 10.6. The van der Waals surface area contributed by atoms with Crippen LogP contribution in [0.25, 0.3) is 0 Å². The van der Waals surface area contributed by atoms with E-state index in [1.54, 1.807) is 0 Å². The van der Waals surface area contributed by atoms with E-state index < -0.39 is 97.5 Å². The minimum Gasteiger partial charge on any atom is -0.462 e. The van der Waals surface area contributed by atoms with Gasteiger partial charge in [-0.2, -0.15) is 0 Å². The smallest absolute Gasteiger partial charge is 0.462 e. The quantitative estimate of drug-likeness (QED) is 0.0222. The van der Waals surface area contributed by atoms with Crippen LogP contribution < -0.4 is 0 Å². The summed E-state index contributed by atoms with van der Waals surface area (Å²) in [5.41, 5.74) is 0. The Bertz CT molecular complexity index is 1930. The molecule has 0 spiro atoms. The molecule has 0 radical (unpaired) electrons. The van der Waals surface area contributed by atoms with E-state index in [0.717, 1.165) is 102 Å². The van der Waals surface area contributed by atoms with E-state index >= 15 is 0 Å². The molecule has 0 bridgehead atoms. The molecule has 17 nitrogen and oxygen atoms in total. The van der Waals surface area contributed by atoms with E-state index in [-0.39, 0.29) is 25.7 Å². The van der Waals surface area contributed by atoms with Gasteiger partial charge >= 0.3 is 39.5 Å². The van der Waals surface area contributed by atoms with Gasteiger partial charge in [0.1, 0.15) is 19.3 Å². The van der Waals surface area contributed by atoms with Gasteiger partial charge in [-0.25, -0.2) is 9.13 Å². The van der Waals surface area contributed by atoms with Gasteiger partial charge in [0.05, 0.1) is 26.4 Å². The van der Waals surface area contributed by atoms with E-state index in [1.807, 2.05) is 0 Å². The third kappa shape index (κ3) is 73.0. The lowest BCUT2D eigenvalue weighted by Crippen LogP contribution is -2.30. The fourth-order valence-electron chi connectivity index (χ4n) is 12.5. The van der Waals surface area contributed by atoms with Crippen LogP contribution in [0.3, 0.4) is 0 Å². The van der Waals surface area contributed by atoms with E-state index in [1.165, 1.54) is 244 Å². The molecule has 3 N–H and O–H groups in total. The van der Waals surface area contributed by atoms with Crippen molar-refractivity contribution in [3.8, 4) is 0 Å². The molecule has 0 aromatic carbocycles. The zero-order valence-electron chi connectivity index (χ0n) is 65.5. The van der Waals surface area contributed by atoms with Crippen LogP contribution in [0, 0.1) is 11.8 Å². The highest BCUT2D eigenvalue weighted by Gasteiger charge is 2.30. The van der Waals surface area contributed by atoms with Gasteiger partial charge in [0.2, 0.25) is 0 Å². The molecule has 0 saturated carbocycles. The molecule has 0 aromatic heterocycles. The Kier molecular flexibility index (Phi) is 71.2. The summed E-state index contributed by atoms with van der Waals surface area (Å²) in [4.78, 5) is 73.0.